The van der Waals surface area contributed by atoms with E-state index >= 15 is 0 Å². The topological polar surface area (TPSA) is 29.5 Å². The molecule has 1 aromatic carbocycles. The third-order valence-corrected chi connectivity index (χ3v) is 5.08. The number of aliphatic hydroxyl groups excluding tert-OH is 1. The number of hydrogen-bond donors (Lipinski definition) is 1. The van der Waals surface area contributed by atoms with Gasteiger partial charge >= 0.3 is 0 Å². The van der Waals surface area contributed by atoms with Gasteiger partial charge in [-0.15, -0.1) is 11.3 Å². The molecule has 0 saturated carbocycles. The van der Waals surface area contributed by atoms with Crippen LogP contribution in [-0.2, 0) is 0 Å². The summed E-state index contributed by atoms with van der Waals surface area (Å²) in [5.41, 5.74) is 1.52. The van der Waals surface area contributed by atoms with Gasteiger partial charge in [-0.1, -0.05) is 6.92 Å². The van der Waals surface area contributed by atoms with Crippen molar-refractivity contribution in [3.8, 4) is 11.5 Å². The van der Waals surface area contributed by atoms with Gasteiger partial charge in [0.15, 0.2) is 5.75 Å². The van der Waals surface area contributed by atoms with Crippen molar-refractivity contribution in [2.45, 2.75) is 26.7 Å². The predicted octanol–water partition coefficient (Wildman–Crippen LogP) is 5.15. The molecule has 1 atom stereocenters. The van der Waals surface area contributed by atoms with Crippen molar-refractivity contribution in [1.29, 1.82) is 0 Å². The van der Waals surface area contributed by atoms with Crippen LogP contribution in [0.5, 0.6) is 11.5 Å². The Labute approximate surface area is 130 Å². The molecule has 5 heteroatoms. The lowest BCUT2D eigenvalue weighted by atomic mass is 10.1. The van der Waals surface area contributed by atoms with Gasteiger partial charge in [0.1, 0.15) is 15.4 Å². The summed E-state index contributed by atoms with van der Waals surface area (Å²) in [6.07, 6.45) is 0. The van der Waals surface area contributed by atoms with E-state index in [1.54, 1.807) is 0 Å². The molecule has 20 heavy (non-hydrogen) atoms. The highest BCUT2D eigenvalue weighted by Gasteiger charge is 2.15. The lowest BCUT2D eigenvalue weighted by Crippen LogP contribution is -1.95. The average Bonchev–Trinajstić information content (AvgIpc) is 2.74. The summed E-state index contributed by atoms with van der Waals surface area (Å²) in [6, 6.07) is 4.83. The van der Waals surface area contributed by atoms with E-state index in [4.69, 9.17) is 4.74 Å². The number of benzene rings is 1. The van der Waals surface area contributed by atoms with Crippen molar-refractivity contribution in [2.75, 3.05) is 6.61 Å². The Kier molecular flexibility index (Phi) is 4.83. The zero-order valence-electron chi connectivity index (χ0n) is 11.5. The van der Waals surface area contributed by atoms with Crippen LogP contribution in [0, 0.1) is 19.7 Å². The molecule has 2 nitrogen and oxygen atoms in total. The summed E-state index contributed by atoms with van der Waals surface area (Å²) in [7, 11) is 0. The van der Waals surface area contributed by atoms with Crippen molar-refractivity contribution in [1.82, 2.24) is 0 Å². The first-order valence-electron chi connectivity index (χ1n) is 6.27. The van der Waals surface area contributed by atoms with Gasteiger partial charge in [0.25, 0.3) is 0 Å². The molecule has 2 aromatic rings. The maximum atomic E-state index is 13.3. The minimum absolute atomic E-state index is 0.0732. The average molecular weight is 359 g/mol. The van der Waals surface area contributed by atoms with E-state index in [1.165, 1.54) is 23.5 Å². The minimum Gasteiger partial charge on any atom is -0.455 e. The molecule has 1 unspecified atom stereocenters. The standard InChI is InChI=1S/C15H16BrFO2S/c1-8-4-11(17)5-9(2)14(8)19-12-6-13(10(3)7-18)20-15(12)16/h4-6,10,18H,7H2,1-3H3. The van der Waals surface area contributed by atoms with Gasteiger partial charge in [-0.2, -0.15) is 0 Å². The van der Waals surface area contributed by atoms with Crippen LogP contribution in [0.4, 0.5) is 4.39 Å². The van der Waals surface area contributed by atoms with Gasteiger partial charge < -0.3 is 9.84 Å². The molecule has 0 bridgehead atoms. The molecule has 0 aliphatic heterocycles. The highest BCUT2D eigenvalue weighted by Crippen LogP contribution is 2.41. The normalized spacial score (nSPS) is 12.5. The predicted molar refractivity (Wildman–Crippen MR) is 83.5 cm³/mol. The van der Waals surface area contributed by atoms with Crippen LogP contribution in [-0.4, -0.2) is 11.7 Å². The highest BCUT2D eigenvalue weighted by atomic mass is 79.9. The monoisotopic (exact) mass is 358 g/mol. The van der Waals surface area contributed by atoms with Gasteiger partial charge in [0.05, 0.1) is 6.61 Å². The van der Waals surface area contributed by atoms with Crippen LogP contribution >= 0.6 is 27.3 Å². The fourth-order valence-corrected chi connectivity index (χ4v) is 3.55. The molecule has 108 valence electrons. The second kappa shape index (κ2) is 6.24. The maximum absolute atomic E-state index is 13.3. The summed E-state index contributed by atoms with van der Waals surface area (Å²) in [4.78, 5) is 1.05. The van der Waals surface area contributed by atoms with Gasteiger partial charge in [0, 0.05) is 10.8 Å². The van der Waals surface area contributed by atoms with E-state index in [0.717, 1.165) is 19.8 Å². The number of hydrogen-bond acceptors (Lipinski definition) is 3. The molecule has 0 aliphatic carbocycles. The Morgan fingerprint density at radius 1 is 1.30 bits per heavy atom. The Morgan fingerprint density at radius 2 is 1.90 bits per heavy atom. The van der Waals surface area contributed by atoms with Gasteiger partial charge in [-0.3, -0.25) is 0 Å². The molecule has 0 radical (unpaired) electrons. The Bertz CT molecular complexity index is 601. The Hall–Kier alpha value is -0.910. The van der Waals surface area contributed by atoms with E-state index in [9.17, 15) is 9.50 Å². The molecule has 0 aliphatic rings. The number of rotatable bonds is 4. The van der Waals surface area contributed by atoms with Crippen LogP contribution in [0.15, 0.2) is 22.0 Å². The molecule has 0 saturated heterocycles. The first-order chi connectivity index (χ1) is 9.42. The number of ether oxygens (including phenoxy) is 1. The van der Waals surface area contributed by atoms with E-state index in [0.29, 0.717) is 11.5 Å². The van der Waals surface area contributed by atoms with Gasteiger partial charge in [-0.05, 0) is 59.1 Å². The summed E-state index contributed by atoms with van der Waals surface area (Å²) in [6.45, 7) is 5.70. The molecule has 1 aromatic heterocycles. The van der Waals surface area contributed by atoms with Crippen LogP contribution in [0.25, 0.3) is 0 Å². The molecular formula is C15H16BrFO2S. The summed E-state index contributed by atoms with van der Waals surface area (Å²) >= 11 is 5.01. The molecular weight excluding hydrogens is 343 g/mol. The van der Waals surface area contributed by atoms with Crippen molar-refractivity contribution in [3.05, 3.63) is 43.8 Å². The van der Waals surface area contributed by atoms with Crippen molar-refractivity contribution in [2.24, 2.45) is 0 Å². The molecule has 0 amide bonds. The molecule has 0 fully saturated rings. The van der Waals surface area contributed by atoms with E-state index in [-0.39, 0.29) is 18.3 Å². The largest absolute Gasteiger partial charge is 0.455 e. The number of aliphatic hydroxyl groups is 1. The highest BCUT2D eigenvalue weighted by molar-refractivity contribution is 9.11. The quantitative estimate of drug-likeness (QED) is 0.818. The lowest BCUT2D eigenvalue weighted by Gasteiger charge is -2.11. The summed E-state index contributed by atoms with van der Waals surface area (Å²) in [5, 5.41) is 9.21. The first-order valence-corrected chi connectivity index (χ1v) is 7.88. The number of aryl methyl sites for hydroxylation is 2. The minimum atomic E-state index is -0.258. The van der Waals surface area contributed by atoms with E-state index in [2.05, 4.69) is 15.9 Å². The zero-order valence-corrected chi connectivity index (χ0v) is 13.9. The third kappa shape index (κ3) is 3.22. The second-order valence-corrected chi connectivity index (χ2v) is 7.24. The molecule has 1 heterocycles. The summed E-state index contributed by atoms with van der Waals surface area (Å²) in [5.74, 6) is 1.19. The zero-order chi connectivity index (χ0) is 14.9. The van der Waals surface area contributed by atoms with Crippen molar-refractivity contribution < 1.29 is 14.2 Å². The fraction of sp³-hybridized carbons (Fsp3) is 0.333. The lowest BCUT2D eigenvalue weighted by molar-refractivity contribution is 0.274. The summed E-state index contributed by atoms with van der Waals surface area (Å²) < 4.78 is 20.1. The first kappa shape index (κ1) is 15.5. The molecule has 2 rings (SSSR count). The van der Waals surface area contributed by atoms with Crippen molar-refractivity contribution in [3.63, 3.8) is 0 Å². The SMILES string of the molecule is Cc1cc(F)cc(C)c1Oc1cc(C(C)CO)sc1Br. The molecule has 0 spiro atoms. The Morgan fingerprint density at radius 3 is 2.45 bits per heavy atom. The third-order valence-electron chi connectivity index (χ3n) is 3.07. The van der Waals surface area contributed by atoms with E-state index < -0.39 is 0 Å². The number of halogens is 2. The number of thiophene rings is 1. The van der Waals surface area contributed by atoms with Crippen LogP contribution in [0.1, 0.15) is 28.8 Å². The van der Waals surface area contributed by atoms with Crippen molar-refractivity contribution >= 4 is 27.3 Å². The Balaban J connectivity index is 2.33. The van der Waals surface area contributed by atoms with Gasteiger partial charge in [-0.25, -0.2) is 4.39 Å². The maximum Gasteiger partial charge on any atom is 0.152 e. The fourth-order valence-electron chi connectivity index (χ4n) is 1.94. The van der Waals surface area contributed by atoms with Crippen LogP contribution in [0.3, 0.4) is 0 Å². The van der Waals surface area contributed by atoms with Crippen LogP contribution < -0.4 is 4.74 Å². The van der Waals surface area contributed by atoms with Gasteiger partial charge in [0.2, 0.25) is 0 Å². The second-order valence-electron chi connectivity index (χ2n) is 4.84. The van der Waals surface area contributed by atoms with Crippen LogP contribution in [0.2, 0.25) is 0 Å². The smallest absolute Gasteiger partial charge is 0.152 e. The van der Waals surface area contributed by atoms with E-state index in [1.807, 2.05) is 26.8 Å². The molecule has 1 N–H and O–H groups in total.